The molecule has 4 nitrogen and oxygen atoms in total. The largest absolute Gasteiger partial charge is 0.463 e. The van der Waals surface area contributed by atoms with Crippen molar-refractivity contribution in [1.29, 1.82) is 0 Å². The molecule has 24 heavy (non-hydrogen) atoms. The van der Waals surface area contributed by atoms with Gasteiger partial charge in [-0.2, -0.15) is 0 Å². The second-order valence-corrected chi connectivity index (χ2v) is 5.85. The highest BCUT2D eigenvalue weighted by Crippen LogP contribution is 2.22. The minimum Gasteiger partial charge on any atom is -0.463 e. The Morgan fingerprint density at radius 2 is 1.58 bits per heavy atom. The number of ether oxygens (including phenoxy) is 2. The van der Waals surface area contributed by atoms with Gasteiger partial charge in [-0.1, -0.05) is 44.4 Å². The monoisotopic (exact) mass is 334 g/mol. The Kier molecular flexibility index (Phi) is 12.2. The highest BCUT2D eigenvalue weighted by Gasteiger charge is 2.12. The van der Waals surface area contributed by atoms with Gasteiger partial charge >= 0.3 is 11.9 Å². The summed E-state index contributed by atoms with van der Waals surface area (Å²) in [6.45, 7) is 15.7. The molecule has 0 saturated carbocycles. The van der Waals surface area contributed by atoms with Crippen molar-refractivity contribution in [1.82, 2.24) is 0 Å². The summed E-state index contributed by atoms with van der Waals surface area (Å²) in [5, 5.41) is 0. The first-order valence-electron chi connectivity index (χ1n) is 8.31. The molecule has 0 bridgehead atoms. The van der Waals surface area contributed by atoms with Crippen LogP contribution in [0.2, 0.25) is 0 Å². The molecule has 0 spiro atoms. The van der Waals surface area contributed by atoms with Gasteiger partial charge in [0.2, 0.25) is 0 Å². The normalized spacial score (nSPS) is 13.1. The van der Waals surface area contributed by atoms with Crippen LogP contribution in [-0.4, -0.2) is 25.2 Å². The van der Waals surface area contributed by atoms with Gasteiger partial charge in [0.1, 0.15) is 0 Å². The van der Waals surface area contributed by atoms with Crippen molar-refractivity contribution >= 4 is 11.9 Å². The van der Waals surface area contributed by atoms with Crippen LogP contribution in [0.25, 0.3) is 0 Å². The third kappa shape index (κ3) is 11.5. The van der Waals surface area contributed by atoms with E-state index in [-0.39, 0.29) is 5.97 Å². The van der Waals surface area contributed by atoms with Crippen molar-refractivity contribution in [2.45, 2.75) is 39.5 Å². The molecule has 0 heterocycles. The maximum absolute atomic E-state index is 11.1. The van der Waals surface area contributed by atoms with Gasteiger partial charge in [0.15, 0.2) is 0 Å². The lowest BCUT2D eigenvalue weighted by Gasteiger charge is -2.18. The van der Waals surface area contributed by atoms with Gasteiger partial charge < -0.3 is 9.47 Å². The highest BCUT2D eigenvalue weighted by atomic mass is 16.5. The summed E-state index contributed by atoms with van der Waals surface area (Å²) in [5.41, 5.74) is 1.11. The van der Waals surface area contributed by atoms with Crippen molar-refractivity contribution in [3.63, 3.8) is 0 Å². The third-order valence-electron chi connectivity index (χ3n) is 3.70. The molecule has 0 N–H and O–H groups in total. The van der Waals surface area contributed by atoms with E-state index in [9.17, 15) is 9.59 Å². The number of allylic oxidation sites excluding steroid dienone is 2. The molecule has 0 amide bonds. The molecule has 0 fully saturated rings. The van der Waals surface area contributed by atoms with Crippen LogP contribution in [-0.2, 0) is 19.1 Å². The Morgan fingerprint density at radius 1 is 1.00 bits per heavy atom. The average molecular weight is 334 g/mol. The predicted molar refractivity (Wildman–Crippen MR) is 97.4 cm³/mol. The summed E-state index contributed by atoms with van der Waals surface area (Å²) in [6, 6.07) is 0. The number of hydrogen-bond acceptors (Lipinski definition) is 4. The molecule has 4 heteroatoms. The minimum atomic E-state index is -0.391. The Hall–Kier alpha value is -2.10. The van der Waals surface area contributed by atoms with E-state index in [1.165, 1.54) is 6.08 Å². The smallest absolute Gasteiger partial charge is 0.330 e. The molecule has 0 aliphatic heterocycles. The van der Waals surface area contributed by atoms with Gasteiger partial charge in [0.05, 0.1) is 13.2 Å². The van der Waals surface area contributed by atoms with Gasteiger partial charge in [0.25, 0.3) is 0 Å². The zero-order chi connectivity index (χ0) is 18.4. The van der Waals surface area contributed by atoms with E-state index in [2.05, 4.69) is 32.7 Å². The molecular weight excluding hydrogens is 304 g/mol. The molecule has 0 radical (unpaired) electrons. The third-order valence-corrected chi connectivity index (χ3v) is 3.70. The van der Waals surface area contributed by atoms with Gasteiger partial charge in [-0.15, -0.1) is 0 Å². The van der Waals surface area contributed by atoms with Crippen LogP contribution in [0.1, 0.15) is 39.5 Å². The second kappa shape index (κ2) is 13.3. The van der Waals surface area contributed by atoms with Crippen LogP contribution < -0.4 is 0 Å². The van der Waals surface area contributed by atoms with Gasteiger partial charge in [-0.25, -0.2) is 9.59 Å². The quantitative estimate of drug-likeness (QED) is 0.217. The molecular formula is C20H30O4. The Morgan fingerprint density at radius 3 is 2.12 bits per heavy atom. The lowest BCUT2D eigenvalue weighted by molar-refractivity contribution is -0.138. The molecule has 0 aromatic carbocycles. The van der Waals surface area contributed by atoms with E-state index in [0.29, 0.717) is 31.5 Å². The van der Waals surface area contributed by atoms with Crippen LogP contribution in [0.15, 0.2) is 49.6 Å². The van der Waals surface area contributed by atoms with Crippen molar-refractivity contribution < 1.29 is 19.1 Å². The number of carbonyl (C=O) groups excluding carboxylic acids is 2. The highest BCUT2D eigenvalue weighted by molar-refractivity contribution is 5.81. The van der Waals surface area contributed by atoms with E-state index < -0.39 is 5.97 Å². The van der Waals surface area contributed by atoms with Crippen LogP contribution in [0.3, 0.4) is 0 Å². The molecule has 134 valence electrons. The summed E-state index contributed by atoms with van der Waals surface area (Å²) >= 11 is 0. The first-order valence-corrected chi connectivity index (χ1v) is 8.31. The predicted octanol–water partition coefficient (Wildman–Crippen LogP) is 4.39. The summed E-state index contributed by atoms with van der Waals surface area (Å²) in [7, 11) is 0. The molecule has 2 unspecified atom stereocenters. The average Bonchev–Trinajstić information content (AvgIpc) is 2.56. The fraction of sp³-hybridized carbons (Fsp3) is 0.500. The maximum atomic E-state index is 11.1. The Balaban J connectivity index is 4.04. The van der Waals surface area contributed by atoms with E-state index >= 15 is 0 Å². The van der Waals surface area contributed by atoms with Crippen LogP contribution in [0.4, 0.5) is 0 Å². The molecule has 0 aromatic rings. The Labute approximate surface area is 145 Å². The molecule has 0 aromatic heterocycles. The lowest BCUT2D eigenvalue weighted by atomic mass is 9.90. The fourth-order valence-corrected chi connectivity index (χ4v) is 2.17. The van der Waals surface area contributed by atoms with E-state index in [1.54, 1.807) is 0 Å². The SMILES string of the molecule is C=CC(=O)OCC/C=C/C(C)CCC(CCOC(=O)C=C)C(=C)C. The van der Waals surface area contributed by atoms with Crippen molar-refractivity contribution in [2.24, 2.45) is 11.8 Å². The van der Waals surface area contributed by atoms with E-state index in [1.807, 2.05) is 13.0 Å². The zero-order valence-electron chi connectivity index (χ0n) is 15.0. The van der Waals surface area contributed by atoms with Crippen LogP contribution in [0.5, 0.6) is 0 Å². The molecule has 0 saturated heterocycles. The van der Waals surface area contributed by atoms with Crippen molar-refractivity contribution in [3.8, 4) is 0 Å². The molecule has 0 rings (SSSR count). The van der Waals surface area contributed by atoms with E-state index in [0.717, 1.165) is 30.9 Å². The lowest BCUT2D eigenvalue weighted by Crippen LogP contribution is -2.10. The number of carbonyl (C=O) groups is 2. The first kappa shape index (κ1) is 21.9. The standard InChI is InChI=1S/C20H30O4/c1-6-19(21)23-14-9-8-10-17(5)11-12-18(16(3)4)13-15-24-20(22)7-2/h6-8,10,17-18H,1-3,9,11-15H2,4-5H3/b10-8+. The van der Waals surface area contributed by atoms with Gasteiger partial charge in [-0.3, -0.25) is 0 Å². The Bertz CT molecular complexity index is 462. The summed E-state index contributed by atoms with van der Waals surface area (Å²) < 4.78 is 9.95. The number of rotatable bonds is 13. The van der Waals surface area contributed by atoms with Crippen molar-refractivity contribution in [3.05, 3.63) is 49.6 Å². The topological polar surface area (TPSA) is 52.6 Å². The number of esters is 2. The van der Waals surface area contributed by atoms with Crippen LogP contribution >= 0.6 is 0 Å². The maximum Gasteiger partial charge on any atom is 0.330 e. The molecule has 0 aliphatic carbocycles. The summed E-state index contributed by atoms with van der Waals surface area (Å²) in [4.78, 5) is 21.9. The fourth-order valence-electron chi connectivity index (χ4n) is 2.17. The minimum absolute atomic E-state index is 0.340. The first-order chi connectivity index (χ1) is 11.4. The van der Waals surface area contributed by atoms with Crippen molar-refractivity contribution in [2.75, 3.05) is 13.2 Å². The molecule has 0 aliphatic rings. The van der Waals surface area contributed by atoms with Gasteiger partial charge in [0, 0.05) is 12.2 Å². The second-order valence-electron chi connectivity index (χ2n) is 5.85. The van der Waals surface area contributed by atoms with E-state index in [4.69, 9.17) is 9.47 Å². The van der Waals surface area contributed by atoms with Gasteiger partial charge in [-0.05, 0) is 44.4 Å². The van der Waals surface area contributed by atoms with Crippen LogP contribution in [0, 0.1) is 11.8 Å². The zero-order valence-corrected chi connectivity index (χ0v) is 15.0. The summed E-state index contributed by atoms with van der Waals surface area (Å²) in [5.74, 6) is -0.00785. The summed E-state index contributed by atoms with van der Waals surface area (Å²) in [6.07, 6.45) is 10.0. The molecule has 2 atom stereocenters. The number of hydrogen-bond donors (Lipinski definition) is 0.